The summed E-state index contributed by atoms with van der Waals surface area (Å²) < 4.78 is 0. The summed E-state index contributed by atoms with van der Waals surface area (Å²) in [5.74, 6) is -0.951. The quantitative estimate of drug-likeness (QED) is 0.336. The molecule has 0 saturated heterocycles. The Hall–Kier alpha value is -2.22. The fourth-order valence-electron chi connectivity index (χ4n) is 1.42. The van der Waals surface area contributed by atoms with E-state index in [0.717, 1.165) is 12.3 Å². The molecule has 0 aromatic carbocycles. The number of carbonyl (C=O) groups is 2. The van der Waals surface area contributed by atoms with E-state index in [4.69, 9.17) is 17.3 Å². The summed E-state index contributed by atoms with van der Waals surface area (Å²) in [5, 5.41) is 13.0. The maximum atomic E-state index is 11.8. The van der Waals surface area contributed by atoms with Crippen molar-refractivity contribution in [1.82, 2.24) is 10.3 Å². The summed E-state index contributed by atoms with van der Waals surface area (Å²) in [6.45, 7) is 0.311. The number of rotatable bonds is 7. The van der Waals surface area contributed by atoms with Crippen molar-refractivity contribution in [3.05, 3.63) is 33.1 Å². The molecule has 0 aliphatic rings. The molecular weight excluding hydrogens is 288 g/mol. The first-order chi connectivity index (χ1) is 9.41. The third kappa shape index (κ3) is 4.81. The van der Waals surface area contributed by atoms with Crippen molar-refractivity contribution >= 4 is 29.1 Å². The number of hydrogen-bond donors (Lipinski definition) is 2. The molecule has 0 unspecified atom stereocenters. The number of halogens is 1. The molecule has 9 heteroatoms. The van der Waals surface area contributed by atoms with Gasteiger partial charge in [0.25, 0.3) is 11.6 Å². The number of pyridine rings is 1. The van der Waals surface area contributed by atoms with Crippen LogP contribution in [0.3, 0.4) is 0 Å². The van der Waals surface area contributed by atoms with Crippen LogP contribution < -0.4 is 11.1 Å². The van der Waals surface area contributed by atoms with E-state index >= 15 is 0 Å². The summed E-state index contributed by atoms with van der Waals surface area (Å²) in [4.78, 5) is 35.8. The lowest BCUT2D eigenvalue weighted by Crippen LogP contribution is -2.25. The molecule has 0 aliphatic heterocycles. The van der Waals surface area contributed by atoms with E-state index in [1.54, 1.807) is 0 Å². The third-order valence-electron chi connectivity index (χ3n) is 2.42. The van der Waals surface area contributed by atoms with E-state index < -0.39 is 16.7 Å². The minimum atomic E-state index is -0.660. The first-order valence-electron chi connectivity index (χ1n) is 5.78. The molecule has 0 fully saturated rings. The minimum absolute atomic E-state index is 0.0595. The van der Waals surface area contributed by atoms with Crippen molar-refractivity contribution in [3.8, 4) is 0 Å². The van der Waals surface area contributed by atoms with Gasteiger partial charge < -0.3 is 11.1 Å². The van der Waals surface area contributed by atoms with Crippen molar-refractivity contribution in [2.24, 2.45) is 5.73 Å². The van der Waals surface area contributed by atoms with E-state index in [-0.39, 0.29) is 22.8 Å². The van der Waals surface area contributed by atoms with Gasteiger partial charge in [-0.05, 0) is 12.8 Å². The summed E-state index contributed by atoms with van der Waals surface area (Å²) in [5.41, 5.74) is 4.60. The van der Waals surface area contributed by atoms with E-state index in [1.165, 1.54) is 0 Å². The fraction of sp³-hybridized carbons (Fsp3) is 0.364. The van der Waals surface area contributed by atoms with Gasteiger partial charge in [0.05, 0.1) is 10.5 Å². The lowest BCUT2D eigenvalue weighted by Gasteiger charge is -2.05. The van der Waals surface area contributed by atoms with Gasteiger partial charge in [-0.15, -0.1) is 0 Å². The average molecular weight is 301 g/mol. The van der Waals surface area contributed by atoms with Crippen molar-refractivity contribution < 1.29 is 14.5 Å². The molecule has 3 N–H and O–H groups in total. The van der Waals surface area contributed by atoms with Crippen LogP contribution in [-0.4, -0.2) is 28.3 Å². The first kappa shape index (κ1) is 15.8. The van der Waals surface area contributed by atoms with Crippen LogP contribution in [0.5, 0.6) is 0 Å². The van der Waals surface area contributed by atoms with Crippen LogP contribution in [0, 0.1) is 10.1 Å². The summed E-state index contributed by atoms with van der Waals surface area (Å²) >= 11 is 5.72. The van der Waals surface area contributed by atoms with E-state index in [9.17, 15) is 19.7 Å². The van der Waals surface area contributed by atoms with Crippen LogP contribution in [-0.2, 0) is 4.79 Å². The molecule has 0 aliphatic carbocycles. The number of nitro groups is 1. The topological polar surface area (TPSA) is 128 Å². The number of hydrogen-bond acceptors (Lipinski definition) is 5. The SMILES string of the molecule is NC(=O)CCCCNC(=O)c1cc([N+](=O)[O-])cnc1Cl. The molecule has 1 aromatic rings. The van der Waals surface area contributed by atoms with Crippen LogP contribution in [0.25, 0.3) is 0 Å². The second kappa shape index (κ2) is 7.39. The van der Waals surface area contributed by atoms with Crippen LogP contribution >= 0.6 is 11.6 Å². The Morgan fingerprint density at radius 3 is 2.75 bits per heavy atom. The van der Waals surface area contributed by atoms with Crippen LogP contribution in [0.2, 0.25) is 5.15 Å². The van der Waals surface area contributed by atoms with Crippen molar-refractivity contribution in [2.45, 2.75) is 19.3 Å². The molecule has 20 heavy (non-hydrogen) atoms. The molecule has 0 atom stereocenters. The summed E-state index contributed by atoms with van der Waals surface area (Å²) in [7, 11) is 0. The maximum Gasteiger partial charge on any atom is 0.288 e. The Morgan fingerprint density at radius 1 is 1.45 bits per heavy atom. The zero-order valence-corrected chi connectivity index (χ0v) is 11.2. The second-order valence-corrected chi connectivity index (χ2v) is 4.33. The van der Waals surface area contributed by atoms with Gasteiger partial charge in [0.1, 0.15) is 11.3 Å². The molecular formula is C11H13ClN4O4. The monoisotopic (exact) mass is 300 g/mol. The zero-order chi connectivity index (χ0) is 15.1. The highest BCUT2D eigenvalue weighted by Gasteiger charge is 2.16. The molecule has 0 saturated carbocycles. The van der Waals surface area contributed by atoms with Gasteiger partial charge in [-0.2, -0.15) is 0 Å². The molecule has 0 spiro atoms. The van der Waals surface area contributed by atoms with Gasteiger partial charge >= 0.3 is 0 Å². The molecule has 2 amide bonds. The molecule has 108 valence electrons. The lowest BCUT2D eigenvalue weighted by molar-refractivity contribution is -0.385. The Bertz CT molecular complexity index is 535. The molecule has 1 rings (SSSR count). The highest BCUT2D eigenvalue weighted by Crippen LogP contribution is 2.18. The van der Waals surface area contributed by atoms with E-state index in [1.807, 2.05) is 0 Å². The lowest BCUT2D eigenvalue weighted by atomic mass is 10.2. The van der Waals surface area contributed by atoms with E-state index in [2.05, 4.69) is 10.3 Å². The largest absolute Gasteiger partial charge is 0.370 e. The van der Waals surface area contributed by atoms with Gasteiger partial charge in [0, 0.05) is 19.0 Å². The Morgan fingerprint density at radius 2 is 2.15 bits per heavy atom. The number of aromatic nitrogens is 1. The third-order valence-corrected chi connectivity index (χ3v) is 2.72. The standard InChI is InChI=1S/C11H13ClN4O4/c12-10-8(5-7(6-15-10)16(19)20)11(18)14-4-2-1-3-9(13)17/h5-6H,1-4H2,(H2,13,17)(H,14,18). The van der Waals surface area contributed by atoms with Gasteiger partial charge in [0.2, 0.25) is 5.91 Å². The smallest absolute Gasteiger partial charge is 0.288 e. The number of primary amides is 1. The maximum absolute atomic E-state index is 11.8. The average Bonchev–Trinajstić information content (AvgIpc) is 2.37. The van der Waals surface area contributed by atoms with Crippen LogP contribution in [0.4, 0.5) is 5.69 Å². The molecule has 1 heterocycles. The molecule has 0 radical (unpaired) electrons. The van der Waals surface area contributed by atoms with Crippen molar-refractivity contribution in [1.29, 1.82) is 0 Å². The number of nitrogens with zero attached hydrogens (tertiary/aromatic N) is 2. The van der Waals surface area contributed by atoms with Crippen molar-refractivity contribution in [3.63, 3.8) is 0 Å². The van der Waals surface area contributed by atoms with Crippen LogP contribution in [0.1, 0.15) is 29.6 Å². The predicted molar refractivity (Wildman–Crippen MR) is 71.3 cm³/mol. The van der Waals surface area contributed by atoms with E-state index in [0.29, 0.717) is 19.4 Å². The number of nitrogens with two attached hydrogens (primary N) is 1. The normalized spacial score (nSPS) is 10.1. The second-order valence-electron chi connectivity index (χ2n) is 3.97. The minimum Gasteiger partial charge on any atom is -0.370 e. The Kier molecular flexibility index (Phi) is 5.85. The molecule has 0 bridgehead atoms. The molecule has 8 nitrogen and oxygen atoms in total. The highest BCUT2D eigenvalue weighted by atomic mass is 35.5. The van der Waals surface area contributed by atoms with Crippen molar-refractivity contribution in [2.75, 3.05) is 6.54 Å². The zero-order valence-electron chi connectivity index (χ0n) is 10.5. The number of nitrogens with one attached hydrogen (secondary N) is 1. The number of amides is 2. The Balaban J connectivity index is 2.57. The van der Waals surface area contributed by atoms with Gasteiger partial charge in [-0.1, -0.05) is 11.6 Å². The fourth-order valence-corrected chi connectivity index (χ4v) is 1.61. The summed E-state index contributed by atoms with van der Waals surface area (Å²) in [6, 6.07) is 1.06. The van der Waals surface area contributed by atoms with Gasteiger partial charge in [0.15, 0.2) is 0 Å². The number of unbranched alkanes of at least 4 members (excludes halogenated alkanes) is 1. The predicted octanol–water partition coefficient (Wildman–Crippen LogP) is 1.03. The molecule has 1 aromatic heterocycles. The number of carbonyl (C=O) groups excluding carboxylic acids is 2. The first-order valence-corrected chi connectivity index (χ1v) is 6.16. The Labute approximate surface area is 119 Å². The van der Waals surface area contributed by atoms with Crippen LogP contribution in [0.15, 0.2) is 12.3 Å². The van der Waals surface area contributed by atoms with Gasteiger partial charge in [-0.3, -0.25) is 19.7 Å². The highest BCUT2D eigenvalue weighted by molar-refractivity contribution is 6.32. The summed E-state index contributed by atoms with van der Waals surface area (Å²) in [6.07, 6.45) is 2.34. The van der Waals surface area contributed by atoms with Gasteiger partial charge in [-0.25, -0.2) is 4.98 Å².